The van der Waals surface area contributed by atoms with Crippen LogP contribution in [0.1, 0.15) is 35.6 Å². The number of sulfonamides is 1. The minimum absolute atomic E-state index is 0.0180. The molecule has 0 aliphatic rings. The van der Waals surface area contributed by atoms with E-state index in [-0.39, 0.29) is 17.3 Å². The third-order valence-corrected chi connectivity index (χ3v) is 5.55. The van der Waals surface area contributed by atoms with Gasteiger partial charge < -0.3 is 5.32 Å². The molecule has 1 amide bonds. The second kappa shape index (κ2) is 8.37. The van der Waals surface area contributed by atoms with Crippen LogP contribution in [0.15, 0.2) is 41.6 Å². The molecule has 0 spiro atoms. The molecule has 0 fully saturated rings. The monoisotopic (exact) mass is 376 g/mol. The van der Waals surface area contributed by atoms with Gasteiger partial charge in [0, 0.05) is 26.0 Å². The topological polar surface area (TPSA) is 92.3 Å². The lowest BCUT2D eigenvalue weighted by atomic mass is 10.2. The fourth-order valence-corrected chi connectivity index (χ4v) is 3.25. The molecular weight excluding hydrogens is 352 g/mol. The average molecular weight is 376 g/mol. The van der Waals surface area contributed by atoms with E-state index in [9.17, 15) is 13.2 Å². The highest BCUT2D eigenvalue weighted by molar-refractivity contribution is 7.89. The Balaban J connectivity index is 2.06. The van der Waals surface area contributed by atoms with E-state index in [1.807, 2.05) is 20.8 Å². The molecule has 7 nitrogen and oxygen atoms in total. The number of aryl methyl sites for hydroxylation is 1. The summed E-state index contributed by atoms with van der Waals surface area (Å²) in [7, 11) is -2.15. The van der Waals surface area contributed by atoms with Gasteiger partial charge >= 0.3 is 0 Å². The van der Waals surface area contributed by atoms with Crippen molar-refractivity contribution in [1.29, 1.82) is 0 Å². The van der Waals surface area contributed by atoms with Crippen LogP contribution < -0.4 is 5.32 Å². The van der Waals surface area contributed by atoms with Crippen molar-refractivity contribution in [2.75, 3.05) is 13.6 Å². The van der Waals surface area contributed by atoms with Crippen LogP contribution in [-0.2, 0) is 16.6 Å². The minimum Gasteiger partial charge on any atom is -0.352 e. The number of amides is 1. The third-order valence-electron chi connectivity index (χ3n) is 3.73. The number of nitrogens with one attached hydrogen (secondary N) is 1. The highest BCUT2D eigenvalue weighted by Gasteiger charge is 2.21. The maximum Gasteiger partial charge on any atom is 0.254 e. The van der Waals surface area contributed by atoms with E-state index in [0.29, 0.717) is 23.9 Å². The Bertz CT molecular complexity index is 847. The zero-order valence-corrected chi connectivity index (χ0v) is 16.2. The van der Waals surface area contributed by atoms with E-state index >= 15 is 0 Å². The van der Waals surface area contributed by atoms with Crippen LogP contribution in [0.2, 0.25) is 0 Å². The summed E-state index contributed by atoms with van der Waals surface area (Å²) in [4.78, 5) is 20.4. The summed E-state index contributed by atoms with van der Waals surface area (Å²) in [6.07, 6.45) is 2.81. The number of rotatable bonds is 7. The van der Waals surface area contributed by atoms with Crippen LogP contribution in [0.5, 0.6) is 0 Å². The van der Waals surface area contributed by atoms with Gasteiger partial charge in [-0.05, 0) is 25.0 Å². The van der Waals surface area contributed by atoms with Gasteiger partial charge in [-0.1, -0.05) is 31.5 Å². The first kappa shape index (κ1) is 20.0. The highest BCUT2D eigenvalue weighted by Crippen LogP contribution is 2.16. The van der Waals surface area contributed by atoms with Gasteiger partial charge in [0.15, 0.2) is 0 Å². The maximum atomic E-state index is 12.6. The van der Waals surface area contributed by atoms with E-state index in [2.05, 4.69) is 15.3 Å². The van der Waals surface area contributed by atoms with Crippen LogP contribution >= 0.6 is 0 Å². The minimum atomic E-state index is -3.62. The van der Waals surface area contributed by atoms with Gasteiger partial charge in [0.25, 0.3) is 5.91 Å². The summed E-state index contributed by atoms with van der Waals surface area (Å²) >= 11 is 0. The molecule has 1 aromatic carbocycles. The number of carbonyl (C=O) groups excluding carboxylic acids is 1. The first-order valence-corrected chi connectivity index (χ1v) is 9.76. The van der Waals surface area contributed by atoms with Crippen molar-refractivity contribution in [3.8, 4) is 0 Å². The summed E-state index contributed by atoms with van der Waals surface area (Å²) in [6.45, 7) is 6.49. The van der Waals surface area contributed by atoms with Gasteiger partial charge in [-0.3, -0.25) is 4.79 Å². The predicted molar refractivity (Wildman–Crippen MR) is 99.0 cm³/mol. The fraction of sp³-hybridized carbons (Fsp3) is 0.389. The van der Waals surface area contributed by atoms with E-state index < -0.39 is 10.0 Å². The van der Waals surface area contributed by atoms with Crippen LogP contribution in [0, 0.1) is 12.8 Å². The number of hydrogen-bond donors (Lipinski definition) is 1. The lowest BCUT2D eigenvalue weighted by Crippen LogP contribution is -2.29. The smallest absolute Gasteiger partial charge is 0.254 e. The molecule has 8 heteroatoms. The largest absolute Gasteiger partial charge is 0.352 e. The lowest BCUT2D eigenvalue weighted by molar-refractivity contribution is 0.0948. The van der Waals surface area contributed by atoms with E-state index in [4.69, 9.17) is 0 Å². The van der Waals surface area contributed by atoms with Crippen molar-refractivity contribution >= 4 is 15.9 Å². The van der Waals surface area contributed by atoms with Gasteiger partial charge in [-0.15, -0.1) is 0 Å². The molecule has 0 saturated carbocycles. The number of benzene rings is 1. The molecule has 0 unspecified atom stereocenters. The van der Waals surface area contributed by atoms with E-state index in [1.165, 1.54) is 23.7 Å². The standard InChI is InChI=1S/C18H24N4O3S/c1-13(2)9-21-18(23)15-10-19-17(20-11-15)12-22(4)26(24,25)16-7-5-14(3)6-8-16/h5-8,10-11,13H,9,12H2,1-4H3,(H,21,23). The summed E-state index contributed by atoms with van der Waals surface area (Å²) in [5.41, 5.74) is 1.33. The molecule has 1 heterocycles. The summed E-state index contributed by atoms with van der Waals surface area (Å²) in [5.74, 6) is 0.425. The van der Waals surface area contributed by atoms with Gasteiger partial charge in [0.05, 0.1) is 17.0 Å². The van der Waals surface area contributed by atoms with Crippen LogP contribution in [0.4, 0.5) is 0 Å². The van der Waals surface area contributed by atoms with Gasteiger partial charge in [-0.25, -0.2) is 18.4 Å². The zero-order valence-electron chi connectivity index (χ0n) is 15.4. The van der Waals surface area contributed by atoms with Crippen LogP contribution in [0.3, 0.4) is 0 Å². The second-order valence-electron chi connectivity index (χ2n) is 6.57. The van der Waals surface area contributed by atoms with Gasteiger partial charge in [0.2, 0.25) is 10.0 Å². The van der Waals surface area contributed by atoms with Crippen LogP contribution in [0.25, 0.3) is 0 Å². The fourth-order valence-electron chi connectivity index (χ4n) is 2.13. The van der Waals surface area contributed by atoms with E-state index in [1.54, 1.807) is 24.3 Å². The molecule has 1 N–H and O–H groups in total. The van der Waals surface area contributed by atoms with Crippen molar-refractivity contribution in [3.05, 3.63) is 53.6 Å². The maximum absolute atomic E-state index is 12.6. The first-order chi connectivity index (χ1) is 12.2. The molecule has 0 aliphatic heterocycles. The molecule has 140 valence electrons. The number of aromatic nitrogens is 2. The van der Waals surface area contributed by atoms with Crippen molar-refractivity contribution in [3.63, 3.8) is 0 Å². The van der Waals surface area contributed by atoms with Crippen molar-refractivity contribution < 1.29 is 13.2 Å². The third kappa shape index (κ3) is 5.09. The summed E-state index contributed by atoms with van der Waals surface area (Å²) in [6, 6.07) is 6.65. The van der Waals surface area contributed by atoms with Crippen molar-refractivity contribution in [2.24, 2.45) is 5.92 Å². The Morgan fingerprint density at radius 1 is 1.15 bits per heavy atom. The first-order valence-electron chi connectivity index (χ1n) is 8.32. The number of hydrogen-bond acceptors (Lipinski definition) is 5. The Hall–Kier alpha value is -2.32. The van der Waals surface area contributed by atoms with Crippen LogP contribution in [-0.4, -0.2) is 42.2 Å². The molecule has 0 radical (unpaired) electrons. The Labute approximate surface area is 154 Å². The Morgan fingerprint density at radius 2 is 1.73 bits per heavy atom. The molecule has 0 saturated heterocycles. The van der Waals surface area contributed by atoms with Gasteiger partial charge in [0.1, 0.15) is 5.82 Å². The van der Waals surface area contributed by atoms with Gasteiger partial charge in [-0.2, -0.15) is 4.31 Å². The quantitative estimate of drug-likeness (QED) is 0.798. The van der Waals surface area contributed by atoms with E-state index in [0.717, 1.165) is 5.56 Å². The Kier molecular flexibility index (Phi) is 6.44. The molecule has 2 aromatic rings. The summed E-state index contributed by atoms with van der Waals surface area (Å²) < 4.78 is 26.3. The molecule has 0 bridgehead atoms. The predicted octanol–water partition coefficient (Wildman–Crippen LogP) is 1.99. The number of nitrogens with zero attached hydrogens (tertiary/aromatic N) is 3. The Morgan fingerprint density at radius 3 is 2.27 bits per heavy atom. The molecule has 0 aliphatic carbocycles. The SMILES string of the molecule is Cc1ccc(S(=O)(=O)N(C)Cc2ncc(C(=O)NCC(C)C)cn2)cc1. The second-order valence-corrected chi connectivity index (χ2v) is 8.61. The molecular formula is C18H24N4O3S. The summed E-state index contributed by atoms with van der Waals surface area (Å²) in [5, 5.41) is 2.78. The lowest BCUT2D eigenvalue weighted by Gasteiger charge is -2.16. The molecule has 0 atom stereocenters. The normalized spacial score (nSPS) is 11.8. The molecule has 26 heavy (non-hydrogen) atoms. The molecule has 2 rings (SSSR count). The number of carbonyl (C=O) groups is 1. The average Bonchev–Trinajstić information content (AvgIpc) is 2.60. The molecule has 1 aromatic heterocycles. The van der Waals surface area contributed by atoms with Crippen molar-refractivity contribution in [2.45, 2.75) is 32.2 Å². The highest BCUT2D eigenvalue weighted by atomic mass is 32.2. The zero-order chi connectivity index (χ0) is 19.3. The van der Waals surface area contributed by atoms with Crippen molar-refractivity contribution in [1.82, 2.24) is 19.6 Å².